The largest absolute Gasteiger partial charge is 0.359 e. The van der Waals surface area contributed by atoms with Crippen LogP contribution in [0.15, 0.2) is 41.6 Å². The van der Waals surface area contributed by atoms with Crippen molar-refractivity contribution in [3.05, 3.63) is 41.6 Å². The van der Waals surface area contributed by atoms with E-state index in [0.29, 0.717) is 0 Å². The molecule has 0 aliphatic heterocycles. The predicted molar refractivity (Wildman–Crippen MR) is 91.3 cm³/mol. The van der Waals surface area contributed by atoms with Crippen LogP contribution in [0.25, 0.3) is 0 Å². The third kappa shape index (κ3) is 3.90. The van der Waals surface area contributed by atoms with Gasteiger partial charge in [-0.15, -0.1) is 0 Å². The number of anilines is 1. The van der Waals surface area contributed by atoms with Gasteiger partial charge in [0.2, 0.25) is 0 Å². The highest BCUT2D eigenvalue weighted by atomic mass is 32.1. The van der Waals surface area contributed by atoms with Crippen molar-refractivity contribution in [1.82, 2.24) is 4.90 Å². The number of nitrogens with zero attached hydrogens (tertiary/aromatic N) is 1. The summed E-state index contributed by atoms with van der Waals surface area (Å²) >= 11 is 5.66. The highest BCUT2D eigenvalue weighted by Gasteiger charge is 2.30. The standard InChI is InChI=1S/C17H24N2S/c1-17(2)10-15(18-13-8-6-5-7-9-13)14(12-19(3)4)16(20)11-17/h5-9,18H,10-12H2,1-4H3. The molecule has 108 valence electrons. The zero-order chi connectivity index (χ0) is 14.8. The van der Waals surface area contributed by atoms with Crippen molar-refractivity contribution in [2.45, 2.75) is 26.7 Å². The number of likely N-dealkylation sites (N-methyl/N-ethyl adjacent to an activating group) is 1. The first-order chi connectivity index (χ1) is 9.37. The van der Waals surface area contributed by atoms with Gasteiger partial charge in [0.25, 0.3) is 0 Å². The zero-order valence-electron chi connectivity index (χ0n) is 12.9. The van der Waals surface area contributed by atoms with E-state index < -0.39 is 0 Å². The van der Waals surface area contributed by atoms with Crippen molar-refractivity contribution in [1.29, 1.82) is 0 Å². The molecule has 0 radical (unpaired) electrons. The molecule has 0 bridgehead atoms. The van der Waals surface area contributed by atoms with Gasteiger partial charge in [-0.3, -0.25) is 0 Å². The van der Waals surface area contributed by atoms with Crippen LogP contribution in [0.4, 0.5) is 5.69 Å². The predicted octanol–water partition coefficient (Wildman–Crippen LogP) is 4.10. The van der Waals surface area contributed by atoms with Crippen molar-refractivity contribution in [2.24, 2.45) is 5.41 Å². The normalized spacial score (nSPS) is 18.6. The molecule has 2 rings (SSSR count). The zero-order valence-corrected chi connectivity index (χ0v) is 13.7. The molecule has 0 aromatic heterocycles. The van der Waals surface area contributed by atoms with Crippen LogP contribution in [0.1, 0.15) is 26.7 Å². The molecule has 0 saturated heterocycles. The fraction of sp³-hybridized carbons (Fsp3) is 0.471. The molecule has 1 aliphatic carbocycles. The summed E-state index contributed by atoms with van der Waals surface area (Å²) in [5.74, 6) is 0. The van der Waals surface area contributed by atoms with Crippen molar-refractivity contribution in [2.75, 3.05) is 26.0 Å². The highest BCUT2D eigenvalue weighted by Crippen LogP contribution is 2.37. The number of para-hydroxylation sites is 1. The summed E-state index contributed by atoms with van der Waals surface area (Å²) < 4.78 is 0. The maximum absolute atomic E-state index is 5.66. The number of hydrogen-bond donors (Lipinski definition) is 1. The molecule has 1 aromatic carbocycles. The van der Waals surface area contributed by atoms with Crippen molar-refractivity contribution < 1.29 is 0 Å². The summed E-state index contributed by atoms with van der Waals surface area (Å²) in [7, 11) is 4.19. The van der Waals surface area contributed by atoms with Crippen LogP contribution in [0, 0.1) is 5.41 Å². The van der Waals surface area contributed by atoms with Gasteiger partial charge in [-0.1, -0.05) is 44.3 Å². The van der Waals surface area contributed by atoms with Gasteiger partial charge in [-0.25, -0.2) is 0 Å². The lowest BCUT2D eigenvalue weighted by atomic mass is 9.76. The summed E-state index contributed by atoms with van der Waals surface area (Å²) in [5, 5.41) is 3.59. The minimum absolute atomic E-state index is 0.240. The van der Waals surface area contributed by atoms with Crippen LogP contribution < -0.4 is 5.32 Å². The van der Waals surface area contributed by atoms with Gasteiger partial charge in [0.1, 0.15) is 0 Å². The topological polar surface area (TPSA) is 15.3 Å². The summed E-state index contributed by atoms with van der Waals surface area (Å²) in [4.78, 5) is 3.29. The fourth-order valence-corrected chi connectivity index (χ4v) is 3.25. The first-order valence-corrected chi connectivity index (χ1v) is 7.50. The smallest absolute Gasteiger partial charge is 0.0381 e. The second kappa shape index (κ2) is 6.06. The van der Waals surface area contributed by atoms with Crippen LogP contribution in [0.2, 0.25) is 0 Å². The first kappa shape index (κ1) is 15.2. The Morgan fingerprint density at radius 3 is 2.40 bits per heavy atom. The Kier molecular flexibility index (Phi) is 4.61. The molecule has 20 heavy (non-hydrogen) atoms. The number of nitrogens with one attached hydrogen (secondary N) is 1. The third-order valence-electron chi connectivity index (χ3n) is 3.54. The summed E-state index contributed by atoms with van der Waals surface area (Å²) in [6, 6.07) is 10.4. The summed E-state index contributed by atoms with van der Waals surface area (Å²) in [6.45, 7) is 5.49. The van der Waals surface area contributed by atoms with Gasteiger partial charge < -0.3 is 10.2 Å². The average Bonchev–Trinajstić information content (AvgIpc) is 2.34. The average molecular weight is 288 g/mol. The number of allylic oxidation sites excluding steroid dienone is 1. The van der Waals surface area contributed by atoms with E-state index in [2.05, 4.69) is 62.4 Å². The molecule has 0 saturated carbocycles. The summed E-state index contributed by atoms with van der Waals surface area (Å²) in [5.41, 5.74) is 3.96. The van der Waals surface area contributed by atoms with E-state index >= 15 is 0 Å². The Balaban J connectivity index is 2.32. The van der Waals surface area contributed by atoms with Gasteiger partial charge in [0.05, 0.1) is 0 Å². The van der Waals surface area contributed by atoms with Crippen molar-refractivity contribution in [3.63, 3.8) is 0 Å². The molecule has 1 aliphatic rings. The molecule has 0 fully saturated rings. The molecular weight excluding hydrogens is 264 g/mol. The molecule has 0 spiro atoms. The molecule has 0 heterocycles. The maximum Gasteiger partial charge on any atom is 0.0381 e. The second-order valence-electron chi connectivity index (χ2n) is 6.63. The lowest BCUT2D eigenvalue weighted by molar-refractivity contribution is 0.366. The molecule has 0 unspecified atom stereocenters. The van der Waals surface area contributed by atoms with Gasteiger partial charge in [-0.05, 0) is 50.1 Å². The van der Waals surface area contributed by atoms with Crippen LogP contribution in [-0.2, 0) is 0 Å². The minimum Gasteiger partial charge on any atom is -0.359 e. The van der Waals surface area contributed by atoms with E-state index in [0.717, 1.165) is 29.9 Å². The Morgan fingerprint density at radius 2 is 1.80 bits per heavy atom. The molecule has 1 aromatic rings. The molecule has 0 atom stereocenters. The van der Waals surface area contributed by atoms with E-state index in [1.165, 1.54) is 11.3 Å². The molecule has 0 amide bonds. The molecule has 2 nitrogen and oxygen atoms in total. The number of hydrogen-bond acceptors (Lipinski definition) is 3. The quantitative estimate of drug-likeness (QED) is 0.840. The Hall–Kier alpha value is -1.19. The van der Waals surface area contributed by atoms with Crippen LogP contribution >= 0.6 is 12.2 Å². The lowest BCUT2D eigenvalue weighted by Crippen LogP contribution is -2.31. The van der Waals surface area contributed by atoms with Gasteiger partial charge in [0, 0.05) is 22.8 Å². The van der Waals surface area contributed by atoms with Crippen molar-refractivity contribution in [3.8, 4) is 0 Å². The molecular formula is C17H24N2S. The van der Waals surface area contributed by atoms with E-state index in [4.69, 9.17) is 12.2 Å². The fourth-order valence-electron chi connectivity index (χ4n) is 2.67. The molecule has 1 N–H and O–H groups in total. The van der Waals surface area contributed by atoms with E-state index in [9.17, 15) is 0 Å². The second-order valence-corrected chi connectivity index (χ2v) is 7.12. The molecule has 3 heteroatoms. The Bertz CT molecular complexity index is 515. The van der Waals surface area contributed by atoms with E-state index in [-0.39, 0.29) is 5.41 Å². The van der Waals surface area contributed by atoms with E-state index in [1.54, 1.807) is 0 Å². The SMILES string of the molecule is CN(C)CC1=C(Nc2ccccc2)CC(C)(C)CC1=S. The first-order valence-electron chi connectivity index (χ1n) is 7.09. The maximum atomic E-state index is 5.66. The third-order valence-corrected chi connectivity index (χ3v) is 3.93. The number of benzene rings is 1. The lowest BCUT2D eigenvalue weighted by Gasteiger charge is -2.35. The summed E-state index contributed by atoms with van der Waals surface area (Å²) in [6.07, 6.45) is 2.05. The number of thiocarbonyl (C=S) groups is 1. The van der Waals surface area contributed by atoms with Crippen molar-refractivity contribution >= 4 is 22.8 Å². The number of rotatable bonds is 4. The Labute approximate surface area is 127 Å². The monoisotopic (exact) mass is 288 g/mol. The van der Waals surface area contributed by atoms with E-state index in [1.807, 2.05) is 6.07 Å². The highest BCUT2D eigenvalue weighted by molar-refractivity contribution is 7.80. The Morgan fingerprint density at radius 1 is 1.15 bits per heavy atom. The van der Waals surface area contributed by atoms with Gasteiger partial charge >= 0.3 is 0 Å². The van der Waals surface area contributed by atoms with Crippen LogP contribution in [0.5, 0.6) is 0 Å². The van der Waals surface area contributed by atoms with Gasteiger partial charge in [0.15, 0.2) is 0 Å². The van der Waals surface area contributed by atoms with Crippen LogP contribution in [-0.4, -0.2) is 30.4 Å². The van der Waals surface area contributed by atoms with Gasteiger partial charge in [-0.2, -0.15) is 0 Å². The minimum atomic E-state index is 0.240. The van der Waals surface area contributed by atoms with Crippen LogP contribution in [0.3, 0.4) is 0 Å².